The molecule has 3 atom stereocenters. The predicted octanol–water partition coefficient (Wildman–Crippen LogP) is 1.53. The molecule has 5 nitrogen and oxygen atoms in total. The van der Waals surface area contributed by atoms with E-state index in [-0.39, 0.29) is 17.4 Å². The normalized spacial score (nSPS) is 37.6. The molecule has 1 saturated carbocycles. The van der Waals surface area contributed by atoms with Crippen molar-refractivity contribution in [2.45, 2.75) is 58.4 Å². The van der Waals surface area contributed by atoms with Gasteiger partial charge >= 0.3 is 5.97 Å². The Kier molecular flexibility index (Phi) is 4.37. The number of carboxylic acid groups (broad SMARTS) is 1. The van der Waals surface area contributed by atoms with Crippen molar-refractivity contribution in [2.75, 3.05) is 13.1 Å². The molecule has 1 saturated heterocycles. The number of hydrogen-bond acceptors (Lipinski definition) is 3. The molecule has 2 fully saturated rings. The van der Waals surface area contributed by atoms with E-state index in [1.54, 1.807) is 6.92 Å². The molecule has 0 radical (unpaired) electrons. The number of carbonyl (C=O) groups is 2. The standard InChI is InChI=1S/C15H26N2O3/c1-3-15(8-5-9-16-10-15)12(18)17-11-6-4-7-14(11,2)13(19)20/h11,16H,3-10H2,1-2H3,(H,17,18)(H,19,20). The summed E-state index contributed by atoms with van der Waals surface area (Å²) >= 11 is 0. The molecule has 20 heavy (non-hydrogen) atoms. The minimum absolute atomic E-state index is 0.0339. The summed E-state index contributed by atoms with van der Waals surface area (Å²) in [5.41, 5.74) is -1.17. The van der Waals surface area contributed by atoms with Gasteiger partial charge in [0, 0.05) is 12.6 Å². The third-order valence-electron chi connectivity index (χ3n) is 5.38. The van der Waals surface area contributed by atoms with E-state index in [0.29, 0.717) is 13.0 Å². The Morgan fingerprint density at radius 3 is 2.65 bits per heavy atom. The molecule has 5 heteroatoms. The van der Waals surface area contributed by atoms with E-state index >= 15 is 0 Å². The van der Waals surface area contributed by atoms with Crippen LogP contribution in [0.1, 0.15) is 52.4 Å². The molecule has 0 spiro atoms. The van der Waals surface area contributed by atoms with Crippen molar-refractivity contribution in [3.63, 3.8) is 0 Å². The highest BCUT2D eigenvalue weighted by atomic mass is 16.4. The lowest BCUT2D eigenvalue weighted by Crippen LogP contribution is -2.55. The summed E-state index contributed by atoms with van der Waals surface area (Å²) < 4.78 is 0. The van der Waals surface area contributed by atoms with E-state index in [1.165, 1.54) is 0 Å². The van der Waals surface area contributed by atoms with Gasteiger partial charge in [-0.2, -0.15) is 0 Å². The molecule has 0 aromatic rings. The van der Waals surface area contributed by atoms with Crippen LogP contribution in [0, 0.1) is 10.8 Å². The fraction of sp³-hybridized carbons (Fsp3) is 0.867. The number of nitrogens with one attached hydrogen (secondary N) is 2. The Labute approximate surface area is 120 Å². The van der Waals surface area contributed by atoms with Crippen molar-refractivity contribution in [3.05, 3.63) is 0 Å². The van der Waals surface area contributed by atoms with Gasteiger partial charge in [0.05, 0.1) is 10.8 Å². The maximum atomic E-state index is 12.7. The van der Waals surface area contributed by atoms with Crippen LogP contribution in [0.5, 0.6) is 0 Å². The third kappa shape index (κ3) is 2.55. The summed E-state index contributed by atoms with van der Waals surface area (Å²) in [5.74, 6) is -0.765. The van der Waals surface area contributed by atoms with Gasteiger partial charge in [-0.25, -0.2) is 0 Å². The van der Waals surface area contributed by atoms with Crippen molar-refractivity contribution in [1.29, 1.82) is 0 Å². The van der Waals surface area contributed by atoms with Crippen molar-refractivity contribution >= 4 is 11.9 Å². The highest BCUT2D eigenvalue weighted by Crippen LogP contribution is 2.39. The lowest BCUT2D eigenvalue weighted by molar-refractivity contribution is -0.149. The summed E-state index contributed by atoms with van der Waals surface area (Å²) in [7, 11) is 0. The Bertz CT molecular complexity index is 391. The zero-order valence-corrected chi connectivity index (χ0v) is 12.5. The molecular formula is C15H26N2O3. The number of amides is 1. The molecule has 114 valence electrons. The SMILES string of the molecule is CCC1(C(=O)NC2CCCC2(C)C(=O)O)CCCNC1. The summed E-state index contributed by atoms with van der Waals surface area (Å²) in [5, 5.41) is 15.8. The highest BCUT2D eigenvalue weighted by molar-refractivity contribution is 5.85. The van der Waals surface area contributed by atoms with Gasteiger partial charge in [0.15, 0.2) is 0 Å². The lowest BCUT2D eigenvalue weighted by Gasteiger charge is -2.38. The van der Waals surface area contributed by atoms with Crippen LogP contribution in [0.3, 0.4) is 0 Å². The second-order valence-corrected chi connectivity index (χ2v) is 6.56. The van der Waals surface area contributed by atoms with Gasteiger partial charge < -0.3 is 15.7 Å². The smallest absolute Gasteiger partial charge is 0.311 e. The molecular weight excluding hydrogens is 256 g/mol. The van der Waals surface area contributed by atoms with Crippen LogP contribution in [-0.2, 0) is 9.59 Å². The van der Waals surface area contributed by atoms with E-state index in [4.69, 9.17) is 0 Å². The van der Waals surface area contributed by atoms with E-state index in [9.17, 15) is 14.7 Å². The van der Waals surface area contributed by atoms with Crippen LogP contribution in [0.2, 0.25) is 0 Å². The largest absolute Gasteiger partial charge is 0.481 e. The van der Waals surface area contributed by atoms with Gasteiger partial charge in [-0.1, -0.05) is 13.3 Å². The predicted molar refractivity (Wildman–Crippen MR) is 76.4 cm³/mol. The molecule has 0 bridgehead atoms. The quantitative estimate of drug-likeness (QED) is 0.730. The molecule has 1 aliphatic carbocycles. The topological polar surface area (TPSA) is 78.4 Å². The highest BCUT2D eigenvalue weighted by Gasteiger charge is 2.48. The van der Waals surface area contributed by atoms with E-state index in [0.717, 1.165) is 38.6 Å². The van der Waals surface area contributed by atoms with Crippen LogP contribution in [-0.4, -0.2) is 36.1 Å². The number of carboxylic acids is 1. The van der Waals surface area contributed by atoms with Crippen LogP contribution in [0.4, 0.5) is 0 Å². The summed E-state index contributed by atoms with van der Waals surface area (Å²) in [6.07, 6.45) is 4.96. The van der Waals surface area contributed by atoms with Crippen LogP contribution in [0.15, 0.2) is 0 Å². The lowest BCUT2D eigenvalue weighted by atomic mass is 9.76. The van der Waals surface area contributed by atoms with Gasteiger partial charge in [0.25, 0.3) is 0 Å². The molecule has 3 unspecified atom stereocenters. The average Bonchev–Trinajstić information content (AvgIpc) is 2.82. The fourth-order valence-electron chi connectivity index (χ4n) is 3.59. The Morgan fingerprint density at radius 1 is 1.35 bits per heavy atom. The van der Waals surface area contributed by atoms with Gasteiger partial charge in [0.1, 0.15) is 0 Å². The van der Waals surface area contributed by atoms with E-state index < -0.39 is 11.4 Å². The number of rotatable bonds is 4. The van der Waals surface area contributed by atoms with E-state index in [1.807, 2.05) is 6.92 Å². The summed E-state index contributed by atoms with van der Waals surface area (Å²) in [6, 6.07) is -0.238. The molecule has 1 heterocycles. The van der Waals surface area contributed by atoms with Gasteiger partial charge in [-0.15, -0.1) is 0 Å². The van der Waals surface area contributed by atoms with Crippen LogP contribution >= 0.6 is 0 Å². The first-order valence-corrected chi connectivity index (χ1v) is 7.70. The molecule has 3 N–H and O–H groups in total. The molecule has 2 rings (SSSR count). The zero-order valence-electron chi connectivity index (χ0n) is 12.5. The van der Waals surface area contributed by atoms with Gasteiger partial charge in [-0.05, 0) is 45.6 Å². The fourth-order valence-corrected chi connectivity index (χ4v) is 3.59. The summed E-state index contributed by atoms with van der Waals surface area (Å²) in [6.45, 7) is 5.46. The van der Waals surface area contributed by atoms with Crippen molar-refractivity contribution in [1.82, 2.24) is 10.6 Å². The van der Waals surface area contributed by atoms with E-state index in [2.05, 4.69) is 10.6 Å². The minimum Gasteiger partial charge on any atom is -0.481 e. The van der Waals surface area contributed by atoms with Crippen molar-refractivity contribution in [3.8, 4) is 0 Å². The number of piperidine rings is 1. The molecule has 1 amide bonds. The second kappa shape index (κ2) is 5.72. The van der Waals surface area contributed by atoms with Crippen molar-refractivity contribution < 1.29 is 14.7 Å². The van der Waals surface area contributed by atoms with Gasteiger partial charge in [-0.3, -0.25) is 9.59 Å². The van der Waals surface area contributed by atoms with Crippen LogP contribution in [0.25, 0.3) is 0 Å². The second-order valence-electron chi connectivity index (χ2n) is 6.56. The Balaban J connectivity index is 2.08. The van der Waals surface area contributed by atoms with Gasteiger partial charge in [0.2, 0.25) is 5.91 Å². The first-order chi connectivity index (χ1) is 9.44. The maximum absolute atomic E-state index is 12.7. The zero-order chi connectivity index (χ0) is 14.8. The van der Waals surface area contributed by atoms with Crippen molar-refractivity contribution in [2.24, 2.45) is 10.8 Å². The monoisotopic (exact) mass is 282 g/mol. The molecule has 1 aliphatic heterocycles. The Hall–Kier alpha value is -1.10. The van der Waals surface area contributed by atoms with Crippen LogP contribution < -0.4 is 10.6 Å². The number of hydrogen-bond donors (Lipinski definition) is 3. The summed E-state index contributed by atoms with van der Waals surface area (Å²) in [4.78, 5) is 24.2. The third-order valence-corrected chi connectivity index (χ3v) is 5.38. The number of carbonyl (C=O) groups excluding carboxylic acids is 1. The maximum Gasteiger partial charge on any atom is 0.311 e. The molecule has 0 aromatic heterocycles. The molecule has 0 aromatic carbocycles. The Morgan fingerprint density at radius 2 is 2.10 bits per heavy atom. The average molecular weight is 282 g/mol. The number of aliphatic carboxylic acids is 1. The first kappa shape index (κ1) is 15.3. The minimum atomic E-state index is -0.813. The molecule has 2 aliphatic rings. The first-order valence-electron chi connectivity index (χ1n) is 7.70.